The standard InChI is InChI=1S/C12H18N2O3S/c1-3-9(11(15)16)7-13-12(17)14(2)8-10-5-4-6-18-10/h4-6,9H,3,7-8H2,1-2H3,(H,13,17)(H,15,16). The Balaban J connectivity index is 2.38. The highest BCUT2D eigenvalue weighted by atomic mass is 32.1. The number of carboxylic acids is 1. The number of nitrogens with one attached hydrogen (secondary N) is 1. The summed E-state index contributed by atoms with van der Waals surface area (Å²) in [5.74, 6) is -1.40. The van der Waals surface area contributed by atoms with Crippen LogP contribution in [0.3, 0.4) is 0 Å². The number of aliphatic carboxylic acids is 1. The molecule has 1 unspecified atom stereocenters. The average Bonchev–Trinajstić information content (AvgIpc) is 2.81. The quantitative estimate of drug-likeness (QED) is 0.830. The maximum absolute atomic E-state index is 11.7. The Hall–Kier alpha value is -1.56. The van der Waals surface area contributed by atoms with Gasteiger partial charge in [-0.25, -0.2) is 4.79 Å². The summed E-state index contributed by atoms with van der Waals surface area (Å²) in [5.41, 5.74) is 0. The van der Waals surface area contributed by atoms with Gasteiger partial charge >= 0.3 is 12.0 Å². The molecule has 1 rings (SSSR count). The molecule has 2 N–H and O–H groups in total. The average molecular weight is 270 g/mol. The van der Waals surface area contributed by atoms with Gasteiger partial charge in [-0.1, -0.05) is 13.0 Å². The number of carbonyl (C=O) groups is 2. The number of carboxylic acid groups (broad SMARTS) is 1. The van der Waals surface area contributed by atoms with Gasteiger partial charge < -0.3 is 15.3 Å². The molecule has 100 valence electrons. The van der Waals surface area contributed by atoms with E-state index in [9.17, 15) is 9.59 Å². The van der Waals surface area contributed by atoms with Gasteiger partial charge in [0.1, 0.15) is 0 Å². The summed E-state index contributed by atoms with van der Waals surface area (Å²) in [6.45, 7) is 2.49. The third-order valence-corrected chi connectivity index (χ3v) is 3.52. The van der Waals surface area contributed by atoms with Gasteiger partial charge in [0.05, 0.1) is 12.5 Å². The van der Waals surface area contributed by atoms with Crippen LogP contribution in [0.15, 0.2) is 17.5 Å². The van der Waals surface area contributed by atoms with Crippen LogP contribution in [0, 0.1) is 5.92 Å². The maximum Gasteiger partial charge on any atom is 0.317 e. The first kappa shape index (κ1) is 14.5. The van der Waals surface area contributed by atoms with Crippen molar-refractivity contribution in [2.75, 3.05) is 13.6 Å². The number of hydrogen-bond acceptors (Lipinski definition) is 3. The zero-order valence-electron chi connectivity index (χ0n) is 10.5. The second kappa shape index (κ2) is 7.00. The highest BCUT2D eigenvalue weighted by molar-refractivity contribution is 7.09. The molecule has 0 aliphatic heterocycles. The Kier molecular flexibility index (Phi) is 5.64. The van der Waals surface area contributed by atoms with E-state index in [0.717, 1.165) is 4.88 Å². The molecule has 1 heterocycles. The van der Waals surface area contributed by atoms with Gasteiger partial charge in [0.2, 0.25) is 0 Å². The molecule has 1 aromatic rings. The van der Waals surface area contributed by atoms with E-state index in [1.165, 1.54) is 0 Å². The zero-order valence-corrected chi connectivity index (χ0v) is 11.4. The van der Waals surface area contributed by atoms with Crippen LogP contribution in [0.4, 0.5) is 4.79 Å². The van der Waals surface area contributed by atoms with Crippen LogP contribution >= 0.6 is 11.3 Å². The largest absolute Gasteiger partial charge is 0.481 e. The number of carbonyl (C=O) groups excluding carboxylic acids is 1. The molecule has 2 amide bonds. The van der Waals surface area contributed by atoms with Gasteiger partial charge in [0.15, 0.2) is 0 Å². The van der Waals surface area contributed by atoms with Crippen LogP contribution in [0.5, 0.6) is 0 Å². The fourth-order valence-electron chi connectivity index (χ4n) is 1.46. The number of thiophene rings is 1. The van der Waals surface area contributed by atoms with Crippen LogP contribution in [0.2, 0.25) is 0 Å². The van der Waals surface area contributed by atoms with Gasteiger partial charge in [-0.05, 0) is 17.9 Å². The first-order valence-electron chi connectivity index (χ1n) is 5.78. The summed E-state index contributed by atoms with van der Waals surface area (Å²) in [4.78, 5) is 25.2. The van der Waals surface area contributed by atoms with Gasteiger partial charge in [-0.3, -0.25) is 4.79 Å². The maximum atomic E-state index is 11.7. The van der Waals surface area contributed by atoms with Crippen molar-refractivity contribution in [2.45, 2.75) is 19.9 Å². The highest BCUT2D eigenvalue weighted by Gasteiger charge is 2.17. The summed E-state index contributed by atoms with van der Waals surface area (Å²) >= 11 is 1.59. The van der Waals surface area contributed by atoms with Gasteiger partial charge in [-0.15, -0.1) is 11.3 Å². The lowest BCUT2D eigenvalue weighted by molar-refractivity contribution is -0.141. The van der Waals surface area contributed by atoms with E-state index in [2.05, 4.69) is 5.32 Å². The lowest BCUT2D eigenvalue weighted by Crippen LogP contribution is -2.40. The van der Waals surface area contributed by atoms with Crippen LogP contribution in [0.1, 0.15) is 18.2 Å². The Morgan fingerprint density at radius 1 is 1.56 bits per heavy atom. The molecule has 6 heteroatoms. The predicted octanol–water partition coefficient (Wildman–Crippen LogP) is 2.00. The predicted molar refractivity (Wildman–Crippen MR) is 70.6 cm³/mol. The Labute approximate surface area is 110 Å². The summed E-state index contributed by atoms with van der Waals surface area (Å²) in [5, 5.41) is 13.5. The molecular formula is C12H18N2O3S. The summed E-state index contributed by atoms with van der Waals surface area (Å²) < 4.78 is 0. The minimum absolute atomic E-state index is 0.166. The third kappa shape index (κ3) is 4.37. The van der Waals surface area contributed by atoms with Crippen LogP contribution in [0.25, 0.3) is 0 Å². The van der Waals surface area contributed by atoms with E-state index in [-0.39, 0.29) is 12.6 Å². The number of urea groups is 1. The van der Waals surface area contributed by atoms with Crippen molar-refractivity contribution in [1.82, 2.24) is 10.2 Å². The third-order valence-electron chi connectivity index (χ3n) is 2.66. The van der Waals surface area contributed by atoms with E-state index in [4.69, 9.17) is 5.11 Å². The normalized spacial score (nSPS) is 11.9. The number of rotatable bonds is 6. The van der Waals surface area contributed by atoms with Crippen molar-refractivity contribution in [2.24, 2.45) is 5.92 Å². The summed E-state index contributed by atoms with van der Waals surface area (Å²) in [6.07, 6.45) is 0.504. The second-order valence-corrected chi connectivity index (χ2v) is 5.10. The lowest BCUT2D eigenvalue weighted by atomic mass is 10.1. The van der Waals surface area contributed by atoms with Crippen molar-refractivity contribution >= 4 is 23.3 Å². The summed E-state index contributed by atoms with van der Waals surface area (Å²) in [7, 11) is 1.69. The van der Waals surface area contributed by atoms with Gasteiger partial charge in [-0.2, -0.15) is 0 Å². The number of hydrogen-bond donors (Lipinski definition) is 2. The lowest BCUT2D eigenvalue weighted by Gasteiger charge is -2.18. The molecule has 0 aromatic carbocycles. The molecule has 0 saturated heterocycles. The zero-order chi connectivity index (χ0) is 13.5. The smallest absolute Gasteiger partial charge is 0.317 e. The highest BCUT2D eigenvalue weighted by Crippen LogP contribution is 2.10. The van der Waals surface area contributed by atoms with E-state index >= 15 is 0 Å². The Bertz CT molecular complexity index is 392. The molecule has 5 nitrogen and oxygen atoms in total. The Morgan fingerprint density at radius 3 is 2.78 bits per heavy atom. The first-order chi connectivity index (χ1) is 8.54. The van der Waals surface area contributed by atoms with Crippen LogP contribution < -0.4 is 5.32 Å². The molecule has 0 fully saturated rings. The molecule has 0 radical (unpaired) electrons. The molecule has 0 bridgehead atoms. The monoisotopic (exact) mass is 270 g/mol. The van der Waals surface area contributed by atoms with Crippen molar-refractivity contribution in [3.63, 3.8) is 0 Å². The van der Waals surface area contributed by atoms with Crippen LogP contribution in [-0.2, 0) is 11.3 Å². The minimum atomic E-state index is -0.876. The van der Waals surface area contributed by atoms with Gasteiger partial charge in [0, 0.05) is 18.5 Å². The van der Waals surface area contributed by atoms with Gasteiger partial charge in [0.25, 0.3) is 0 Å². The van der Waals surface area contributed by atoms with E-state index in [1.54, 1.807) is 30.2 Å². The molecule has 1 aromatic heterocycles. The van der Waals surface area contributed by atoms with E-state index in [0.29, 0.717) is 13.0 Å². The fourth-order valence-corrected chi connectivity index (χ4v) is 2.22. The van der Waals surface area contributed by atoms with Crippen LogP contribution in [-0.4, -0.2) is 35.6 Å². The van der Waals surface area contributed by atoms with E-state index < -0.39 is 11.9 Å². The molecule has 0 saturated carbocycles. The summed E-state index contributed by atoms with van der Waals surface area (Å²) in [6, 6.07) is 3.65. The second-order valence-electron chi connectivity index (χ2n) is 4.06. The molecule has 0 aliphatic carbocycles. The van der Waals surface area contributed by atoms with Crippen molar-refractivity contribution in [3.8, 4) is 0 Å². The first-order valence-corrected chi connectivity index (χ1v) is 6.66. The number of amides is 2. The molecule has 0 spiro atoms. The minimum Gasteiger partial charge on any atom is -0.481 e. The molecule has 18 heavy (non-hydrogen) atoms. The van der Waals surface area contributed by atoms with Crippen molar-refractivity contribution in [1.29, 1.82) is 0 Å². The number of nitrogens with zero attached hydrogens (tertiary/aromatic N) is 1. The topological polar surface area (TPSA) is 69.6 Å². The van der Waals surface area contributed by atoms with Crippen molar-refractivity contribution < 1.29 is 14.7 Å². The molecule has 0 aliphatic rings. The SMILES string of the molecule is CCC(CNC(=O)N(C)Cc1cccs1)C(=O)O. The van der Waals surface area contributed by atoms with Crippen molar-refractivity contribution in [3.05, 3.63) is 22.4 Å². The Morgan fingerprint density at radius 2 is 2.28 bits per heavy atom. The molecule has 1 atom stereocenters. The molecular weight excluding hydrogens is 252 g/mol. The fraction of sp³-hybridized carbons (Fsp3) is 0.500. The van der Waals surface area contributed by atoms with E-state index in [1.807, 2.05) is 17.5 Å².